The van der Waals surface area contributed by atoms with Crippen molar-refractivity contribution in [1.82, 2.24) is 0 Å². The van der Waals surface area contributed by atoms with Crippen molar-refractivity contribution in [2.45, 2.75) is 20.8 Å². The van der Waals surface area contributed by atoms with Gasteiger partial charge in [0.05, 0.1) is 5.69 Å². The van der Waals surface area contributed by atoms with E-state index in [2.05, 4.69) is 5.32 Å². The summed E-state index contributed by atoms with van der Waals surface area (Å²) in [5.41, 5.74) is 4.66. The van der Waals surface area contributed by atoms with E-state index in [1.165, 1.54) is 24.3 Å². The van der Waals surface area contributed by atoms with Crippen LogP contribution in [0.25, 0.3) is 0 Å². The largest absolute Gasteiger partial charge is 0.508 e. The number of carbonyl (C=O) groups is 2. The van der Waals surface area contributed by atoms with Crippen LogP contribution in [0.15, 0.2) is 60.7 Å². The third-order valence-corrected chi connectivity index (χ3v) is 4.93. The molecule has 0 aliphatic carbocycles. The van der Waals surface area contributed by atoms with Crippen molar-refractivity contribution in [3.8, 4) is 5.75 Å². The van der Waals surface area contributed by atoms with E-state index in [0.29, 0.717) is 22.5 Å². The number of nitrogens with one attached hydrogen (secondary N) is 1. The fourth-order valence-corrected chi connectivity index (χ4v) is 2.93. The molecule has 6 heteroatoms. The third-order valence-electron chi connectivity index (χ3n) is 4.93. The van der Waals surface area contributed by atoms with Gasteiger partial charge in [0.2, 0.25) is 0 Å². The second kappa shape index (κ2) is 8.16. The van der Waals surface area contributed by atoms with Crippen molar-refractivity contribution < 1.29 is 14.7 Å². The van der Waals surface area contributed by atoms with Gasteiger partial charge in [-0.2, -0.15) is 0 Å². The average molecular weight is 389 g/mol. The van der Waals surface area contributed by atoms with Crippen molar-refractivity contribution in [3.63, 3.8) is 0 Å². The Labute approximate surface area is 169 Å². The first-order valence-corrected chi connectivity index (χ1v) is 9.14. The number of hydrogen-bond acceptors (Lipinski definition) is 4. The lowest BCUT2D eigenvalue weighted by Gasteiger charge is -2.20. The molecule has 0 fully saturated rings. The summed E-state index contributed by atoms with van der Waals surface area (Å²) in [4.78, 5) is 25.4. The van der Waals surface area contributed by atoms with Gasteiger partial charge in [0.25, 0.3) is 11.8 Å². The smallest absolute Gasteiger partial charge is 0.272 e. The monoisotopic (exact) mass is 389 g/mol. The standard InChI is InChI=1S/C23H23N3O3/c1-14-5-4-6-20(16(14)3)23(29)26(24)18-10-7-15(2)21(13-18)25-22(28)17-8-11-19(27)12-9-17/h4-13,27H,24H2,1-3H3,(H,25,28). The second-order valence-electron chi connectivity index (χ2n) is 6.92. The number of phenolic OH excluding ortho intramolecular Hbond substituents is 1. The Morgan fingerprint density at radius 1 is 0.931 bits per heavy atom. The van der Waals surface area contributed by atoms with E-state index in [9.17, 15) is 14.7 Å². The van der Waals surface area contributed by atoms with Crippen LogP contribution < -0.4 is 16.2 Å². The number of aromatic hydroxyl groups is 1. The Morgan fingerprint density at radius 2 is 1.62 bits per heavy atom. The molecule has 0 aliphatic rings. The van der Waals surface area contributed by atoms with Crippen molar-refractivity contribution in [2.24, 2.45) is 5.84 Å². The molecule has 148 valence electrons. The number of phenols is 1. The van der Waals surface area contributed by atoms with Crippen LogP contribution in [0, 0.1) is 20.8 Å². The molecule has 3 aromatic carbocycles. The lowest BCUT2D eigenvalue weighted by atomic mass is 10.0. The Morgan fingerprint density at radius 3 is 2.31 bits per heavy atom. The molecule has 0 radical (unpaired) electrons. The van der Waals surface area contributed by atoms with Crippen molar-refractivity contribution in [2.75, 3.05) is 10.3 Å². The van der Waals surface area contributed by atoms with E-state index in [0.717, 1.165) is 21.7 Å². The third kappa shape index (κ3) is 4.28. The summed E-state index contributed by atoms with van der Waals surface area (Å²) in [6, 6.07) is 16.6. The molecule has 0 saturated carbocycles. The molecule has 0 heterocycles. The molecule has 0 saturated heterocycles. The van der Waals surface area contributed by atoms with Gasteiger partial charge in [0, 0.05) is 16.8 Å². The Hall–Kier alpha value is -3.64. The first-order valence-electron chi connectivity index (χ1n) is 9.14. The van der Waals surface area contributed by atoms with Crippen molar-refractivity contribution in [1.29, 1.82) is 0 Å². The van der Waals surface area contributed by atoms with Gasteiger partial charge in [-0.05, 0) is 79.9 Å². The minimum Gasteiger partial charge on any atom is -0.508 e. The summed E-state index contributed by atoms with van der Waals surface area (Å²) >= 11 is 0. The summed E-state index contributed by atoms with van der Waals surface area (Å²) in [7, 11) is 0. The van der Waals surface area contributed by atoms with Crippen LogP contribution in [0.4, 0.5) is 11.4 Å². The van der Waals surface area contributed by atoms with Gasteiger partial charge in [0.1, 0.15) is 5.75 Å². The van der Waals surface area contributed by atoms with E-state index in [4.69, 9.17) is 5.84 Å². The number of rotatable bonds is 4. The zero-order valence-electron chi connectivity index (χ0n) is 16.6. The molecule has 4 N–H and O–H groups in total. The topological polar surface area (TPSA) is 95.7 Å². The van der Waals surface area contributed by atoms with Gasteiger partial charge >= 0.3 is 0 Å². The molecule has 3 aromatic rings. The fraction of sp³-hybridized carbons (Fsp3) is 0.130. The van der Waals surface area contributed by atoms with Gasteiger partial charge in [-0.1, -0.05) is 18.2 Å². The number of aryl methyl sites for hydroxylation is 2. The van der Waals surface area contributed by atoms with Gasteiger partial charge in [0.15, 0.2) is 0 Å². The van der Waals surface area contributed by atoms with Crippen LogP contribution in [-0.4, -0.2) is 16.9 Å². The number of hydrazine groups is 1. The molecule has 0 aromatic heterocycles. The summed E-state index contributed by atoms with van der Waals surface area (Å²) in [5.74, 6) is 5.54. The number of benzene rings is 3. The van der Waals surface area contributed by atoms with Crippen LogP contribution in [0.3, 0.4) is 0 Å². The highest BCUT2D eigenvalue weighted by atomic mass is 16.3. The van der Waals surface area contributed by atoms with Crippen LogP contribution in [0.1, 0.15) is 37.4 Å². The lowest BCUT2D eigenvalue weighted by molar-refractivity contribution is 0.0985. The van der Waals surface area contributed by atoms with Gasteiger partial charge < -0.3 is 10.4 Å². The second-order valence-corrected chi connectivity index (χ2v) is 6.92. The number of carbonyl (C=O) groups excluding carboxylic acids is 2. The maximum absolute atomic E-state index is 12.9. The zero-order valence-corrected chi connectivity index (χ0v) is 16.6. The molecule has 6 nitrogen and oxygen atoms in total. The Bertz CT molecular complexity index is 1080. The van der Waals surface area contributed by atoms with E-state index in [-0.39, 0.29) is 17.6 Å². The minimum atomic E-state index is -0.328. The van der Waals surface area contributed by atoms with Crippen molar-refractivity contribution >= 4 is 23.2 Å². The van der Waals surface area contributed by atoms with Crippen LogP contribution in [0.2, 0.25) is 0 Å². The predicted molar refractivity (Wildman–Crippen MR) is 114 cm³/mol. The van der Waals surface area contributed by atoms with Crippen LogP contribution >= 0.6 is 0 Å². The van der Waals surface area contributed by atoms with E-state index < -0.39 is 0 Å². The number of nitrogens with zero attached hydrogens (tertiary/aromatic N) is 1. The molecular weight excluding hydrogens is 366 g/mol. The van der Waals surface area contributed by atoms with Gasteiger partial charge in [-0.25, -0.2) is 10.9 Å². The Kier molecular flexibility index (Phi) is 5.66. The van der Waals surface area contributed by atoms with Crippen LogP contribution in [-0.2, 0) is 0 Å². The highest BCUT2D eigenvalue weighted by Gasteiger charge is 2.18. The highest BCUT2D eigenvalue weighted by Crippen LogP contribution is 2.25. The number of anilines is 2. The highest BCUT2D eigenvalue weighted by molar-refractivity contribution is 6.08. The predicted octanol–water partition coefficient (Wildman–Crippen LogP) is 4.09. The number of hydrogen-bond donors (Lipinski definition) is 3. The summed E-state index contributed by atoms with van der Waals surface area (Å²) in [6.07, 6.45) is 0. The molecule has 29 heavy (non-hydrogen) atoms. The Balaban J connectivity index is 1.86. The molecule has 0 aliphatic heterocycles. The molecule has 0 spiro atoms. The van der Waals surface area contributed by atoms with Crippen molar-refractivity contribution in [3.05, 3.63) is 88.5 Å². The number of amides is 2. The van der Waals surface area contributed by atoms with Crippen LogP contribution in [0.5, 0.6) is 5.75 Å². The fourth-order valence-electron chi connectivity index (χ4n) is 2.93. The lowest BCUT2D eigenvalue weighted by Crippen LogP contribution is -2.38. The summed E-state index contributed by atoms with van der Waals surface area (Å²) in [5, 5.41) is 13.3. The molecule has 0 bridgehead atoms. The average Bonchev–Trinajstić information content (AvgIpc) is 2.71. The van der Waals surface area contributed by atoms with Gasteiger partial charge in [-0.15, -0.1) is 0 Å². The normalized spacial score (nSPS) is 10.5. The molecule has 0 atom stereocenters. The summed E-state index contributed by atoms with van der Waals surface area (Å²) in [6.45, 7) is 5.67. The molecule has 3 rings (SSSR count). The summed E-state index contributed by atoms with van der Waals surface area (Å²) < 4.78 is 0. The van der Waals surface area contributed by atoms with Gasteiger partial charge in [-0.3, -0.25) is 9.59 Å². The first-order chi connectivity index (χ1) is 13.8. The van der Waals surface area contributed by atoms with E-state index in [1.807, 2.05) is 32.9 Å². The molecule has 2 amide bonds. The maximum atomic E-state index is 12.9. The quantitative estimate of drug-likeness (QED) is 0.356. The SMILES string of the molecule is Cc1ccc(N(N)C(=O)c2cccc(C)c2C)cc1NC(=O)c1ccc(O)cc1. The van der Waals surface area contributed by atoms with E-state index in [1.54, 1.807) is 24.3 Å². The first kappa shape index (κ1) is 20.1. The zero-order chi connectivity index (χ0) is 21.1. The molecule has 0 unspecified atom stereocenters. The minimum absolute atomic E-state index is 0.0865. The van der Waals surface area contributed by atoms with E-state index >= 15 is 0 Å². The molecular formula is C23H23N3O3. The maximum Gasteiger partial charge on any atom is 0.272 e. The number of nitrogens with two attached hydrogens (primary N) is 1.